The maximum atomic E-state index is 11.9. The maximum Gasteiger partial charge on any atom is 2.00 e. The number of aliphatic imine (C=N–C) groups is 2. The monoisotopic (exact) mass is 416 g/mol. The van der Waals surface area contributed by atoms with E-state index in [-0.39, 0.29) is 28.0 Å². The number of rotatable bonds is 7. The van der Waals surface area contributed by atoms with Crippen LogP contribution in [-0.4, -0.2) is 24.5 Å². The first-order valence-corrected chi connectivity index (χ1v) is 9.19. The molecule has 2 aromatic rings. The molecule has 0 atom stereocenters. The molecule has 2 heterocycles. The fraction of sp³-hybridized carbons (Fsp3) is 0.222. The Morgan fingerprint density at radius 2 is 1.28 bits per heavy atom. The van der Waals surface area contributed by atoms with Crippen LogP contribution in [0.4, 0.5) is 0 Å². The predicted octanol–water partition coefficient (Wildman–Crippen LogP) is 2.83. The van der Waals surface area contributed by atoms with Gasteiger partial charge >= 0.3 is 16.5 Å². The molecule has 2 aromatic heterocycles. The average molecular weight is 417 g/mol. The van der Waals surface area contributed by atoms with Gasteiger partial charge in [-0.1, -0.05) is 23.7 Å². The van der Waals surface area contributed by atoms with Crippen molar-refractivity contribution in [1.29, 1.82) is 0 Å². The third-order valence-corrected chi connectivity index (χ3v) is 4.80. The molecule has 0 aliphatic heterocycles. The molecule has 2 rings (SSSR count). The van der Waals surface area contributed by atoms with Crippen molar-refractivity contribution in [1.82, 2.24) is 0 Å². The smallest absolute Gasteiger partial charge is 0.871 e. The van der Waals surface area contributed by atoms with Crippen molar-refractivity contribution in [3.05, 3.63) is 56.9 Å². The number of hydrogen-bond donors (Lipinski definition) is 0. The van der Waals surface area contributed by atoms with Gasteiger partial charge in [0.25, 0.3) is 0 Å². The molecule has 0 unspecified atom stereocenters. The van der Waals surface area contributed by atoms with E-state index >= 15 is 0 Å². The standard InChI is InChI=1S/C18H20N2O2S2.Ni/c1-13(11-15(21)17-5-3-9-23-17)19-7-8-20-14(2)12-16(22)18-6-4-10-24-18;/h3-6,9-12,21-22H,7-8H2,1-2H3;/q;+2/p-2/b15-11-,16-12-,19-13?,20-14?;. The third kappa shape index (κ3) is 7.38. The van der Waals surface area contributed by atoms with Gasteiger partial charge in [0, 0.05) is 21.2 Å². The minimum atomic E-state index is -0.0270. The van der Waals surface area contributed by atoms with Crippen LogP contribution in [-0.2, 0) is 16.5 Å². The largest absolute Gasteiger partial charge is 2.00 e. The average Bonchev–Trinajstić information content (AvgIpc) is 3.24. The van der Waals surface area contributed by atoms with E-state index in [1.54, 1.807) is 26.0 Å². The number of nitrogens with zero attached hydrogens (tertiary/aromatic N) is 2. The van der Waals surface area contributed by atoms with Crippen molar-refractivity contribution in [2.75, 3.05) is 13.1 Å². The Morgan fingerprint density at radius 1 is 0.880 bits per heavy atom. The second-order valence-electron chi connectivity index (χ2n) is 5.02. The first-order chi connectivity index (χ1) is 11.6. The van der Waals surface area contributed by atoms with Crippen molar-refractivity contribution >= 4 is 45.6 Å². The second-order valence-corrected chi connectivity index (χ2v) is 6.91. The molecule has 0 aliphatic carbocycles. The number of allylic oxidation sites excluding steroid dienone is 2. The molecule has 134 valence electrons. The molecule has 0 aromatic carbocycles. The molecule has 7 heteroatoms. The van der Waals surface area contributed by atoms with Crippen molar-refractivity contribution < 1.29 is 26.7 Å². The van der Waals surface area contributed by atoms with Gasteiger partial charge in [0.1, 0.15) is 0 Å². The van der Waals surface area contributed by atoms with Gasteiger partial charge in [0.15, 0.2) is 0 Å². The first-order valence-electron chi connectivity index (χ1n) is 7.43. The predicted molar refractivity (Wildman–Crippen MR) is 101 cm³/mol. The van der Waals surface area contributed by atoms with Crippen LogP contribution in [0, 0.1) is 0 Å². The molecule has 0 radical (unpaired) electrons. The quantitative estimate of drug-likeness (QED) is 0.301. The van der Waals surface area contributed by atoms with Gasteiger partial charge in [-0.2, -0.15) is 0 Å². The van der Waals surface area contributed by atoms with E-state index in [0.717, 1.165) is 0 Å². The second kappa shape index (κ2) is 11.0. The van der Waals surface area contributed by atoms with Crippen molar-refractivity contribution in [2.24, 2.45) is 9.98 Å². The van der Waals surface area contributed by atoms with E-state index in [0.29, 0.717) is 34.3 Å². The minimum absolute atomic E-state index is 0. The van der Waals surface area contributed by atoms with Crippen LogP contribution >= 0.6 is 22.7 Å². The van der Waals surface area contributed by atoms with E-state index in [2.05, 4.69) is 9.98 Å². The Balaban J connectivity index is 0.00000312. The van der Waals surface area contributed by atoms with E-state index in [1.165, 1.54) is 34.8 Å². The van der Waals surface area contributed by atoms with Gasteiger partial charge in [0.05, 0.1) is 13.1 Å². The van der Waals surface area contributed by atoms with Crippen LogP contribution < -0.4 is 10.2 Å². The van der Waals surface area contributed by atoms with Crippen molar-refractivity contribution in [2.45, 2.75) is 13.8 Å². The summed E-state index contributed by atoms with van der Waals surface area (Å²) in [6, 6.07) is 7.29. The Morgan fingerprint density at radius 3 is 1.60 bits per heavy atom. The van der Waals surface area contributed by atoms with Gasteiger partial charge in [-0.15, -0.1) is 22.7 Å². The number of thiophene rings is 2. The fourth-order valence-electron chi connectivity index (χ4n) is 1.90. The summed E-state index contributed by atoms with van der Waals surface area (Å²) >= 11 is 2.83. The molecule has 0 spiro atoms. The Labute approximate surface area is 165 Å². The normalized spacial score (nSPS) is 13.7. The van der Waals surface area contributed by atoms with Gasteiger partial charge < -0.3 is 10.2 Å². The van der Waals surface area contributed by atoms with E-state index in [1.807, 2.05) is 22.9 Å². The molecule has 0 saturated heterocycles. The summed E-state index contributed by atoms with van der Waals surface area (Å²) in [5, 5.41) is 27.5. The van der Waals surface area contributed by atoms with Crippen LogP contribution in [0.2, 0.25) is 0 Å². The first kappa shape index (κ1) is 21.4. The fourth-order valence-corrected chi connectivity index (χ4v) is 3.18. The molecule has 0 bridgehead atoms. The minimum Gasteiger partial charge on any atom is -0.871 e. The van der Waals surface area contributed by atoms with E-state index < -0.39 is 0 Å². The molecule has 0 N–H and O–H groups in total. The molecule has 4 nitrogen and oxygen atoms in total. The molecule has 0 fully saturated rings. The molecule has 25 heavy (non-hydrogen) atoms. The van der Waals surface area contributed by atoms with E-state index in [9.17, 15) is 10.2 Å². The van der Waals surface area contributed by atoms with Gasteiger partial charge in [0.2, 0.25) is 0 Å². The zero-order valence-electron chi connectivity index (χ0n) is 13.9. The van der Waals surface area contributed by atoms with Crippen LogP contribution in [0.15, 0.2) is 57.2 Å². The Hall–Kier alpha value is -1.69. The van der Waals surface area contributed by atoms with Crippen LogP contribution in [0.25, 0.3) is 11.5 Å². The summed E-state index contributed by atoms with van der Waals surface area (Å²) in [5.74, 6) is -0.0541. The summed E-state index contributed by atoms with van der Waals surface area (Å²) in [7, 11) is 0. The van der Waals surface area contributed by atoms with Gasteiger partial charge in [-0.05, 0) is 48.9 Å². The summed E-state index contributed by atoms with van der Waals surface area (Å²) in [4.78, 5) is 10.0. The summed E-state index contributed by atoms with van der Waals surface area (Å²) in [5.41, 5.74) is 1.36. The SMILES string of the molecule is CC(/C=C(\[O-])c1cccs1)=NCCN=C(C)/C=C(\[O-])c1cccs1.[Ni+2]. The molecule has 0 saturated carbocycles. The maximum absolute atomic E-state index is 11.9. The number of hydrogen-bond acceptors (Lipinski definition) is 6. The Bertz CT molecular complexity index is 695. The van der Waals surface area contributed by atoms with Crippen LogP contribution in [0.1, 0.15) is 23.6 Å². The van der Waals surface area contributed by atoms with Gasteiger partial charge in [-0.25, -0.2) is 0 Å². The van der Waals surface area contributed by atoms with E-state index in [4.69, 9.17) is 0 Å². The zero-order valence-corrected chi connectivity index (χ0v) is 16.5. The summed E-state index contributed by atoms with van der Waals surface area (Å²) in [6.07, 6.45) is 3.07. The van der Waals surface area contributed by atoms with Crippen LogP contribution in [0.3, 0.4) is 0 Å². The Kier molecular flexibility index (Phi) is 9.42. The molecule has 0 aliphatic rings. The zero-order chi connectivity index (χ0) is 17.4. The molecule has 0 amide bonds. The summed E-state index contributed by atoms with van der Waals surface area (Å²) < 4.78 is 0. The van der Waals surface area contributed by atoms with Crippen molar-refractivity contribution in [3.63, 3.8) is 0 Å². The third-order valence-electron chi connectivity index (χ3n) is 3.03. The van der Waals surface area contributed by atoms with Gasteiger partial charge in [-0.3, -0.25) is 9.98 Å². The molecular weight excluding hydrogens is 399 g/mol. The van der Waals surface area contributed by atoms with Crippen LogP contribution in [0.5, 0.6) is 0 Å². The summed E-state index contributed by atoms with van der Waals surface area (Å²) in [6.45, 7) is 4.57. The van der Waals surface area contributed by atoms with Crippen molar-refractivity contribution in [3.8, 4) is 0 Å². The topological polar surface area (TPSA) is 70.8 Å². The molecular formula is C18H18N2NiO2S2.